The second-order valence-electron chi connectivity index (χ2n) is 5.65. The van der Waals surface area contributed by atoms with Crippen LogP contribution in [-0.4, -0.2) is 17.4 Å². The molecule has 0 bridgehead atoms. The predicted octanol–water partition coefficient (Wildman–Crippen LogP) is 3.75. The largest absolute Gasteiger partial charge is 0.385 e. The lowest BCUT2D eigenvalue weighted by Crippen LogP contribution is -2.15. The monoisotopic (exact) mass is 303 g/mol. The summed E-state index contributed by atoms with van der Waals surface area (Å²) in [6, 6.07) is 17.8. The molecule has 1 amide bonds. The van der Waals surface area contributed by atoms with Crippen LogP contribution in [0.1, 0.15) is 24.1 Å². The molecule has 4 heteroatoms. The number of hydrogen-bond donors (Lipinski definition) is 2. The quantitative estimate of drug-likeness (QED) is 0.775. The topological polar surface area (TPSA) is 54.0 Å². The number of anilines is 2. The van der Waals surface area contributed by atoms with Crippen LogP contribution in [0.5, 0.6) is 0 Å². The van der Waals surface area contributed by atoms with Crippen LogP contribution in [-0.2, 0) is 4.79 Å². The van der Waals surface area contributed by atoms with E-state index < -0.39 is 0 Å². The number of benzene rings is 2. The molecule has 0 spiro atoms. The van der Waals surface area contributed by atoms with Crippen molar-refractivity contribution in [2.75, 3.05) is 17.2 Å². The van der Waals surface area contributed by atoms with Crippen LogP contribution in [0.25, 0.3) is 10.9 Å². The van der Waals surface area contributed by atoms with Crippen LogP contribution >= 0.6 is 0 Å². The summed E-state index contributed by atoms with van der Waals surface area (Å²) in [6.07, 6.45) is 0. The number of carbonyl (C=O) groups excluding carboxylic acids is 1. The molecular weight excluding hydrogens is 286 g/mol. The van der Waals surface area contributed by atoms with Gasteiger partial charge in [-0.1, -0.05) is 36.4 Å². The highest BCUT2D eigenvalue weighted by Gasteiger charge is 2.33. The highest BCUT2D eigenvalue weighted by atomic mass is 16.2. The third kappa shape index (κ3) is 2.23. The summed E-state index contributed by atoms with van der Waals surface area (Å²) in [4.78, 5) is 17.2. The molecule has 2 aromatic carbocycles. The van der Waals surface area contributed by atoms with E-state index in [-0.39, 0.29) is 11.8 Å². The Bertz CT molecular complexity index is 904. The number of fused-ring (bicyclic) bond motifs is 2. The molecule has 4 nitrogen and oxygen atoms in total. The number of hydrogen-bond acceptors (Lipinski definition) is 3. The van der Waals surface area contributed by atoms with E-state index >= 15 is 0 Å². The van der Waals surface area contributed by atoms with Crippen LogP contribution in [0, 0.1) is 0 Å². The van der Waals surface area contributed by atoms with Gasteiger partial charge in [0.05, 0.1) is 11.2 Å². The summed E-state index contributed by atoms with van der Waals surface area (Å²) in [5.74, 6) is -0.371. The van der Waals surface area contributed by atoms with E-state index in [1.165, 1.54) is 0 Å². The standard InChI is InChI=1S/C19H17N3O/c1-2-20-16-11-17(21-14-9-5-3-7-12(14)16)18-13-8-4-6-10-15(13)22-19(18)23/h3-11,18H,2H2,1H3,(H,20,21)(H,22,23). The van der Waals surface area contributed by atoms with Crippen molar-refractivity contribution in [1.82, 2.24) is 4.98 Å². The van der Waals surface area contributed by atoms with Crippen LogP contribution in [0.4, 0.5) is 11.4 Å². The van der Waals surface area contributed by atoms with E-state index in [0.29, 0.717) is 0 Å². The number of carbonyl (C=O) groups is 1. The van der Waals surface area contributed by atoms with Gasteiger partial charge in [-0.15, -0.1) is 0 Å². The van der Waals surface area contributed by atoms with Gasteiger partial charge in [-0.3, -0.25) is 9.78 Å². The molecule has 0 saturated heterocycles. The molecule has 3 aromatic rings. The van der Waals surface area contributed by atoms with Gasteiger partial charge in [0.15, 0.2) is 0 Å². The van der Waals surface area contributed by atoms with Gasteiger partial charge >= 0.3 is 0 Å². The molecule has 0 radical (unpaired) electrons. The highest BCUT2D eigenvalue weighted by Crippen LogP contribution is 2.38. The molecule has 1 aromatic heterocycles. The fourth-order valence-corrected chi connectivity index (χ4v) is 3.18. The molecule has 2 N–H and O–H groups in total. The SMILES string of the molecule is CCNc1cc(C2C(=O)Nc3ccccc32)nc2ccccc12. The average molecular weight is 303 g/mol. The molecule has 1 atom stereocenters. The van der Waals surface area contributed by atoms with Gasteiger partial charge in [0.25, 0.3) is 0 Å². The van der Waals surface area contributed by atoms with Crippen molar-refractivity contribution in [2.45, 2.75) is 12.8 Å². The van der Waals surface area contributed by atoms with Crippen molar-refractivity contribution < 1.29 is 4.79 Å². The number of rotatable bonds is 3. The number of nitrogens with zero attached hydrogens (tertiary/aromatic N) is 1. The van der Waals surface area contributed by atoms with Gasteiger partial charge in [0.1, 0.15) is 5.92 Å². The summed E-state index contributed by atoms with van der Waals surface area (Å²) in [6.45, 7) is 2.88. The highest BCUT2D eigenvalue weighted by molar-refractivity contribution is 6.05. The van der Waals surface area contributed by atoms with E-state index in [4.69, 9.17) is 4.98 Å². The van der Waals surface area contributed by atoms with Crippen LogP contribution in [0.3, 0.4) is 0 Å². The number of para-hydroxylation sites is 2. The number of pyridine rings is 1. The lowest BCUT2D eigenvalue weighted by molar-refractivity contribution is -0.116. The zero-order valence-corrected chi connectivity index (χ0v) is 12.8. The van der Waals surface area contributed by atoms with Crippen molar-refractivity contribution >= 4 is 28.2 Å². The zero-order chi connectivity index (χ0) is 15.8. The summed E-state index contributed by atoms with van der Waals surface area (Å²) in [5, 5.41) is 7.40. The summed E-state index contributed by atoms with van der Waals surface area (Å²) in [5.41, 5.74) is 4.57. The second-order valence-corrected chi connectivity index (χ2v) is 5.65. The Hall–Kier alpha value is -2.88. The summed E-state index contributed by atoms with van der Waals surface area (Å²) in [7, 11) is 0. The van der Waals surface area contributed by atoms with Crippen molar-refractivity contribution in [1.29, 1.82) is 0 Å². The number of amides is 1. The minimum Gasteiger partial charge on any atom is -0.385 e. The molecule has 1 unspecified atom stereocenters. The second kappa shape index (κ2) is 5.39. The van der Waals surface area contributed by atoms with Crippen LogP contribution in [0.2, 0.25) is 0 Å². The Morgan fingerprint density at radius 2 is 1.91 bits per heavy atom. The van der Waals surface area contributed by atoms with E-state index in [2.05, 4.69) is 17.6 Å². The average Bonchev–Trinajstić information content (AvgIpc) is 2.90. The molecule has 0 aliphatic carbocycles. The number of aromatic nitrogens is 1. The first-order valence-corrected chi connectivity index (χ1v) is 7.81. The number of nitrogens with one attached hydrogen (secondary N) is 2. The van der Waals surface area contributed by atoms with Gasteiger partial charge in [0, 0.05) is 23.3 Å². The third-order valence-electron chi connectivity index (χ3n) is 4.19. The van der Waals surface area contributed by atoms with Crippen molar-refractivity contribution in [3.05, 3.63) is 65.9 Å². The molecule has 114 valence electrons. The fourth-order valence-electron chi connectivity index (χ4n) is 3.18. The Kier molecular flexibility index (Phi) is 3.23. The zero-order valence-electron chi connectivity index (χ0n) is 12.8. The maximum Gasteiger partial charge on any atom is 0.238 e. The molecule has 23 heavy (non-hydrogen) atoms. The van der Waals surface area contributed by atoms with E-state index in [0.717, 1.165) is 40.1 Å². The minimum atomic E-state index is -0.354. The van der Waals surface area contributed by atoms with Gasteiger partial charge in [-0.25, -0.2) is 0 Å². The maximum atomic E-state index is 12.5. The first-order valence-electron chi connectivity index (χ1n) is 7.81. The smallest absolute Gasteiger partial charge is 0.238 e. The van der Waals surface area contributed by atoms with Crippen LogP contribution in [0.15, 0.2) is 54.6 Å². The van der Waals surface area contributed by atoms with Crippen molar-refractivity contribution in [3.8, 4) is 0 Å². The Morgan fingerprint density at radius 1 is 1.13 bits per heavy atom. The third-order valence-corrected chi connectivity index (χ3v) is 4.19. The van der Waals surface area contributed by atoms with E-state index in [9.17, 15) is 4.79 Å². The molecule has 4 rings (SSSR count). The van der Waals surface area contributed by atoms with Gasteiger partial charge in [0.2, 0.25) is 5.91 Å². The first kappa shape index (κ1) is 13.8. The van der Waals surface area contributed by atoms with Gasteiger partial charge in [-0.2, -0.15) is 0 Å². The van der Waals surface area contributed by atoms with Gasteiger partial charge in [-0.05, 0) is 30.7 Å². The Labute approximate surface area is 134 Å². The first-order chi connectivity index (χ1) is 11.3. The summed E-state index contributed by atoms with van der Waals surface area (Å²) >= 11 is 0. The lowest BCUT2D eigenvalue weighted by Gasteiger charge is -2.14. The molecular formula is C19H17N3O. The van der Waals surface area contributed by atoms with Crippen molar-refractivity contribution in [3.63, 3.8) is 0 Å². The van der Waals surface area contributed by atoms with Gasteiger partial charge < -0.3 is 10.6 Å². The molecule has 1 aliphatic rings. The minimum absolute atomic E-state index is 0.0172. The van der Waals surface area contributed by atoms with Crippen molar-refractivity contribution in [2.24, 2.45) is 0 Å². The molecule has 2 heterocycles. The van der Waals surface area contributed by atoms with Crippen LogP contribution < -0.4 is 10.6 Å². The fraction of sp³-hybridized carbons (Fsp3) is 0.158. The molecule has 1 aliphatic heterocycles. The molecule has 0 saturated carbocycles. The Balaban J connectivity index is 1.91. The van der Waals surface area contributed by atoms with E-state index in [1.54, 1.807) is 0 Å². The summed E-state index contributed by atoms with van der Waals surface area (Å²) < 4.78 is 0. The normalized spacial score (nSPS) is 16.2. The van der Waals surface area contributed by atoms with E-state index in [1.807, 2.05) is 54.6 Å². The predicted molar refractivity (Wildman–Crippen MR) is 92.8 cm³/mol. The molecule has 0 fully saturated rings. The Morgan fingerprint density at radius 3 is 2.78 bits per heavy atom. The lowest BCUT2D eigenvalue weighted by atomic mass is 9.95. The maximum absolute atomic E-state index is 12.5.